The Hall–Kier alpha value is -2.51. The number of ether oxygens (including phenoxy) is 2. The van der Waals surface area contributed by atoms with E-state index >= 15 is 0 Å². The molecule has 3 N–H and O–H groups in total. The van der Waals surface area contributed by atoms with Crippen molar-refractivity contribution in [2.75, 3.05) is 13.2 Å². The molecule has 1 aromatic heterocycles. The van der Waals surface area contributed by atoms with Crippen molar-refractivity contribution in [2.24, 2.45) is 0 Å². The quantitative estimate of drug-likeness (QED) is 0.509. The van der Waals surface area contributed by atoms with Crippen LogP contribution >= 0.6 is 0 Å². The molecule has 1 aromatic rings. The second kappa shape index (κ2) is 9.10. The van der Waals surface area contributed by atoms with Gasteiger partial charge >= 0.3 is 17.6 Å². The SMILES string of the molecule is CCOC(=O)C(=CNC1CCCCC1)c1[nH]c(=O)[nH]c1C(=O)OCC. The molecule has 1 aliphatic carbocycles. The predicted molar refractivity (Wildman–Crippen MR) is 92.0 cm³/mol. The Morgan fingerprint density at radius 3 is 2.36 bits per heavy atom. The summed E-state index contributed by atoms with van der Waals surface area (Å²) in [5.74, 6) is -1.32. The van der Waals surface area contributed by atoms with Crippen LogP contribution in [0.25, 0.3) is 5.57 Å². The normalized spacial score (nSPS) is 15.7. The number of hydrogen-bond acceptors (Lipinski definition) is 6. The largest absolute Gasteiger partial charge is 0.462 e. The molecule has 0 saturated heterocycles. The summed E-state index contributed by atoms with van der Waals surface area (Å²) in [7, 11) is 0. The summed E-state index contributed by atoms with van der Waals surface area (Å²) in [6.45, 7) is 3.69. The topological polar surface area (TPSA) is 113 Å². The first-order valence-corrected chi connectivity index (χ1v) is 8.69. The molecule has 0 aliphatic heterocycles. The zero-order chi connectivity index (χ0) is 18.2. The molecule has 8 nitrogen and oxygen atoms in total. The standard InChI is InChI=1S/C17H25N3O5/c1-3-24-15(21)12(10-18-11-8-6-5-7-9-11)13-14(16(22)25-4-2)20-17(23)19-13/h10-11,18H,3-9H2,1-2H3,(H2,19,20,23). The summed E-state index contributed by atoms with van der Waals surface area (Å²) in [6, 6.07) is 0.259. The minimum Gasteiger partial charge on any atom is -0.462 e. The highest BCUT2D eigenvalue weighted by Gasteiger charge is 2.25. The molecule has 1 aliphatic rings. The number of rotatable bonds is 7. The Kier molecular flexibility index (Phi) is 6.85. The van der Waals surface area contributed by atoms with Gasteiger partial charge in [0.15, 0.2) is 5.69 Å². The van der Waals surface area contributed by atoms with Crippen LogP contribution in [0.15, 0.2) is 11.0 Å². The highest BCUT2D eigenvalue weighted by Crippen LogP contribution is 2.20. The fourth-order valence-electron chi connectivity index (χ4n) is 2.85. The zero-order valence-corrected chi connectivity index (χ0v) is 14.6. The van der Waals surface area contributed by atoms with E-state index in [4.69, 9.17) is 9.47 Å². The molecule has 0 amide bonds. The van der Waals surface area contributed by atoms with Gasteiger partial charge in [0, 0.05) is 12.2 Å². The lowest BCUT2D eigenvalue weighted by molar-refractivity contribution is -0.136. The van der Waals surface area contributed by atoms with Crippen LogP contribution in [0, 0.1) is 0 Å². The molecule has 0 atom stereocenters. The third-order valence-electron chi connectivity index (χ3n) is 4.04. The van der Waals surface area contributed by atoms with Gasteiger partial charge in [-0.3, -0.25) is 4.98 Å². The molecule has 1 fully saturated rings. The minimum atomic E-state index is -0.705. The molecule has 8 heteroatoms. The maximum Gasteiger partial charge on any atom is 0.357 e. The van der Waals surface area contributed by atoms with Crippen LogP contribution in [0.2, 0.25) is 0 Å². The Morgan fingerprint density at radius 1 is 1.08 bits per heavy atom. The van der Waals surface area contributed by atoms with E-state index in [0.717, 1.165) is 25.7 Å². The first-order chi connectivity index (χ1) is 12.1. The number of carbonyl (C=O) groups excluding carboxylic acids is 2. The van der Waals surface area contributed by atoms with Gasteiger partial charge in [-0.2, -0.15) is 0 Å². The predicted octanol–water partition coefficient (Wildman–Crippen LogP) is 1.71. The Labute approximate surface area is 146 Å². The molecule has 0 bridgehead atoms. The lowest BCUT2D eigenvalue weighted by Crippen LogP contribution is -2.27. The smallest absolute Gasteiger partial charge is 0.357 e. The monoisotopic (exact) mass is 351 g/mol. The number of esters is 2. The Morgan fingerprint density at radius 2 is 1.72 bits per heavy atom. The van der Waals surface area contributed by atoms with Crippen LogP contribution in [-0.4, -0.2) is 41.2 Å². The van der Waals surface area contributed by atoms with Crippen LogP contribution in [0.4, 0.5) is 0 Å². The van der Waals surface area contributed by atoms with Crippen molar-refractivity contribution in [1.82, 2.24) is 15.3 Å². The van der Waals surface area contributed by atoms with Crippen molar-refractivity contribution in [3.05, 3.63) is 28.1 Å². The zero-order valence-electron chi connectivity index (χ0n) is 14.6. The van der Waals surface area contributed by atoms with Crippen molar-refractivity contribution in [3.63, 3.8) is 0 Å². The van der Waals surface area contributed by atoms with Gasteiger partial charge < -0.3 is 19.8 Å². The summed E-state index contributed by atoms with van der Waals surface area (Å²) in [4.78, 5) is 41.0. The van der Waals surface area contributed by atoms with Gasteiger partial charge in [-0.1, -0.05) is 19.3 Å². The van der Waals surface area contributed by atoms with Crippen LogP contribution in [-0.2, 0) is 14.3 Å². The first-order valence-electron chi connectivity index (χ1n) is 8.69. The highest BCUT2D eigenvalue weighted by molar-refractivity contribution is 6.17. The van der Waals surface area contributed by atoms with Crippen molar-refractivity contribution in [2.45, 2.75) is 52.0 Å². The number of imidazole rings is 1. The minimum absolute atomic E-state index is 0.0743. The van der Waals surface area contributed by atoms with Gasteiger partial charge in [-0.25, -0.2) is 14.4 Å². The molecule has 1 heterocycles. The van der Waals surface area contributed by atoms with Gasteiger partial charge in [-0.05, 0) is 26.7 Å². The summed E-state index contributed by atoms with van der Waals surface area (Å²) < 4.78 is 10.0. The van der Waals surface area contributed by atoms with Crippen LogP contribution in [0.3, 0.4) is 0 Å². The molecule has 0 spiro atoms. The first kappa shape index (κ1) is 18.8. The second-order valence-corrected chi connectivity index (χ2v) is 5.83. The molecule has 25 heavy (non-hydrogen) atoms. The summed E-state index contributed by atoms with van der Waals surface area (Å²) >= 11 is 0. The lowest BCUT2D eigenvalue weighted by Gasteiger charge is -2.22. The van der Waals surface area contributed by atoms with E-state index in [1.807, 2.05) is 0 Å². The maximum atomic E-state index is 12.3. The third-order valence-corrected chi connectivity index (χ3v) is 4.04. The summed E-state index contributed by atoms with van der Waals surface area (Å²) in [6.07, 6.45) is 7.03. The van der Waals surface area contributed by atoms with E-state index in [0.29, 0.717) is 0 Å². The fraction of sp³-hybridized carbons (Fsp3) is 0.588. The Balaban J connectivity index is 2.33. The highest BCUT2D eigenvalue weighted by atomic mass is 16.5. The maximum absolute atomic E-state index is 12.3. The van der Waals surface area contributed by atoms with Gasteiger partial charge in [0.2, 0.25) is 0 Å². The fourth-order valence-corrected chi connectivity index (χ4v) is 2.85. The molecule has 0 radical (unpaired) electrons. The molecule has 0 aromatic carbocycles. The Bertz CT molecular complexity index is 683. The van der Waals surface area contributed by atoms with E-state index in [2.05, 4.69) is 15.3 Å². The van der Waals surface area contributed by atoms with E-state index in [1.165, 1.54) is 12.6 Å². The van der Waals surface area contributed by atoms with Crippen molar-refractivity contribution in [3.8, 4) is 0 Å². The van der Waals surface area contributed by atoms with Gasteiger partial charge in [0.1, 0.15) is 5.57 Å². The molecule has 0 unspecified atom stereocenters. The lowest BCUT2D eigenvalue weighted by atomic mass is 9.95. The average molecular weight is 351 g/mol. The van der Waals surface area contributed by atoms with E-state index in [9.17, 15) is 14.4 Å². The molecule has 1 saturated carbocycles. The van der Waals surface area contributed by atoms with Crippen LogP contribution in [0.1, 0.15) is 62.1 Å². The van der Waals surface area contributed by atoms with Crippen molar-refractivity contribution >= 4 is 17.5 Å². The van der Waals surface area contributed by atoms with E-state index in [-0.39, 0.29) is 36.2 Å². The second-order valence-electron chi connectivity index (χ2n) is 5.83. The van der Waals surface area contributed by atoms with Gasteiger partial charge in [-0.15, -0.1) is 0 Å². The number of nitrogens with one attached hydrogen (secondary N) is 3. The third kappa shape index (κ3) is 4.98. The molecular formula is C17H25N3O5. The van der Waals surface area contributed by atoms with E-state index in [1.54, 1.807) is 13.8 Å². The van der Waals surface area contributed by atoms with Crippen molar-refractivity contribution < 1.29 is 19.1 Å². The van der Waals surface area contributed by atoms with Crippen LogP contribution < -0.4 is 11.0 Å². The van der Waals surface area contributed by atoms with Crippen molar-refractivity contribution in [1.29, 1.82) is 0 Å². The van der Waals surface area contributed by atoms with Gasteiger partial charge in [0.05, 0.1) is 18.9 Å². The number of hydrogen-bond donors (Lipinski definition) is 3. The molecule has 2 rings (SSSR count). The number of aromatic nitrogens is 2. The van der Waals surface area contributed by atoms with E-state index < -0.39 is 17.6 Å². The summed E-state index contributed by atoms with van der Waals surface area (Å²) in [5.41, 5.74) is -0.512. The van der Waals surface area contributed by atoms with Crippen LogP contribution in [0.5, 0.6) is 0 Å². The molecular weight excluding hydrogens is 326 g/mol. The summed E-state index contributed by atoms with van der Waals surface area (Å²) in [5, 5.41) is 3.22. The number of aromatic amines is 2. The average Bonchev–Trinajstić information content (AvgIpc) is 2.98. The number of carbonyl (C=O) groups is 2. The van der Waals surface area contributed by atoms with Gasteiger partial charge in [0.25, 0.3) is 0 Å². The molecule has 138 valence electrons. The number of H-pyrrole nitrogens is 2.